The van der Waals surface area contributed by atoms with Crippen LogP contribution in [0.5, 0.6) is 0 Å². The van der Waals surface area contributed by atoms with E-state index in [2.05, 4.69) is 9.62 Å². The molecule has 44 heavy (non-hydrogen) atoms. The molecule has 0 bridgehead atoms. The van der Waals surface area contributed by atoms with Crippen molar-refractivity contribution in [3.8, 4) is 11.1 Å². The Bertz CT molecular complexity index is 1610. The lowest BCUT2D eigenvalue weighted by atomic mass is 9.99. The number of ether oxygens (including phenoxy) is 3. The molecular formula is C35H38N2O6S. The first kappa shape index (κ1) is 30.6. The van der Waals surface area contributed by atoms with Crippen molar-refractivity contribution in [2.24, 2.45) is 0 Å². The van der Waals surface area contributed by atoms with Gasteiger partial charge in [0, 0.05) is 38.2 Å². The number of nitrogens with one attached hydrogen (secondary N) is 1. The largest absolute Gasteiger partial charge is 0.392 e. The van der Waals surface area contributed by atoms with E-state index < -0.39 is 16.3 Å². The van der Waals surface area contributed by atoms with Crippen molar-refractivity contribution in [3.05, 3.63) is 125 Å². The van der Waals surface area contributed by atoms with Gasteiger partial charge in [0.15, 0.2) is 6.29 Å². The molecule has 3 unspecified atom stereocenters. The highest BCUT2D eigenvalue weighted by Gasteiger charge is 2.33. The Kier molecular flexibility index (Phi) is 9.83. The standard InChI is InChI=1S/C35H38N2O6S/c38-25-26-9-11-29(12-10-26)34-22-32(24-37-17-19-41-20-18-37)42-35(43-34)30-15-13-28(14-16-30)31-6-4-5-27(21-31)23-36-44(39,40)33-7-2-1-3-8-33/h1-16,21,32,34-36,38H,17-20,22-25H2. The van der Waals surface area contributed by atoms with Crippen molar-refractivity contribution in [2.75, 3.05) is 32.8 Å². The first-order valence-electron chi connectivity index (χ1n) is 15.0. The van der Waals surface area contributed by atoms with Gasteiger partial charge in [-0.2, -0.15) is 0 Å². The van der Waals surface area contributed by atoms with Gasteiger partial charge in [-0.25, -0.2) is 13.1 Å². The van der Waals surface area contributed by atoms with Crippen LogP contribution in [0.2, 0.25) is 0 Å². The molecule has 2 saturated heterocycles. The molecule has 9 heteroatoms. The van der Waals surface area contributed by atoms with Gasteiger partial charge in [0.25, 0.3) is 0 Å². The molecular weight excluding hydrogens is 576 g/mol. The molecule has 0 amide bonds. The summed E-state index contributed by atoms with van der Waals surface area (Å²) in [6.45, 7) is 4.27. The third kappa shape index (κ3) is 7.62. The lowest BCUT2D eigenvalue weighted by Gasteiger charge is -2.39. The summed E-state index contributed by atoms with van der Waals surface area (Å²) < 4.78 is 46.6. The van der Waals surface area contributed by atoms with Crippen molar-refractivity contribution >= 4 is 10.0 Å². The lowest BCUT2D eigenvalue weighted by Crippen LogP contribution is -2.44. The molecule has 2 aliphatic heterocycles. The number of sulfonamides is 1. The number of rotatable bonds is 10. The smallest absolute Gasteiger partial charge is 0.240 e. The van der Waals surface area contributed by atoms with Gasteiger partial charge in [-0.1, -0.05) is 84.9 Å². The fraction of sp³-hybridized carbons (Fsp3) is 0.314. The summed E-state index contributed by atoms with van der Waals surface area (Å²) >= 11 is 0. The van der Waals surface area contributed by atoms with Crippen LogP contribution < -0.4 is 4.72 Å². The number of hydrogen-bond donors (Lipinski definition) is 2. The Morgan fingerprint density at radius 2 is 1.50 bits per heavy atom. The predicted molar refractivity (Wildman–Crippen MR) is 168 cm³/mol. The first-order chi connectivity index (χ1) is 21.5. The van der Waals surface area contributed by atoms with Gasteiger partial charge in [-0.05, 0) is 46.0 Å². The number of hydrogen-bond acceptors (Lipinski definition) is 7. The van der Waals surface area contributed by atoms with E-state index in [4.69, 9.17) is 14.2 Å². The molecule has 0 saturated carbocycles. The minimum Gasteiger partial charge on any atom is -0.392 e. The topological polar surface area (TPSA) is 97.3 Å². The summed E-state index contributed by atoms with van der Waals surface area (Å²) in [7, 11) is -3.59. The number of morpholine rings is 1. The van der Waals surface area contributed by atoms with Gasteiger partial charge in [0.2, 0.25) is 10.0 Å². The fourth-order valence-corrected chi connectivity index (χ4v) is 6.70. The Labute approximate surface area is 259 Å². The first-order valence-corrected chi connectivity index (χ1v) is 16.5. The summed E-state index contributed by atoms with van der Waals surface area (Å²) in [5, 5.41) is 9.48. The Balaban J connectivity index is 1.16. The SMILES string of the molecule is O=S(=O)(NCc1cccc(-c2ccc(C3OC(CN4CCOCC4)CC(c4ccc(CO)cc4)O3)cc2)c1)c1ccccc1. The van der Waals surface area contributed by atoms with Crippen LogP contribution in [-0.2, 0) is 37.4 Å². The van der Waals surface area contributed by atoms with Gasteiger partial charge >= 0.3 is 0 Å². The quantitative estimate of drug-likeness (QED) is 0.253. The van der Waals surface area contributed by atoms with Crippen LogP contribution >= 0.6 is 0 Å². The maximum atomic E-state index is 12.7. The van der Waals surface area contributed by atoms with Crippen molar-refractivity contribution < 1.29 is 27.7 Å². The van der Waals surface area contributed by atoms with E-state index in [0.29, 0.717) is 0 Å². The van der Waals surface area contributed by atoms with E-state index in [1.807, 2.05) is 72.8 Å². The molecule has 3 atom stereocenters. The second-order valence-electron chi connectivity index (χ2n) is 11.2. The van der Waals surface area contributed by atoms with Crippen LogP contribution in [0, 0.1) is 0 Å². The second kappa shape index (κ2) is 14.1. The maximum absolute atomic E-state index is 12.7. The summed E-state index contributed by atoms with van der Waals surface area (Å²) in [4.78, 5) is 2.63. The molecule has 4 aromatic rings. The van der Waals surface area contributed by atoms with Crippen molar-refractivity contribution in [1.29, 1.82) is 0 Å². The van der Waals surface area contributed by atoms with E-state index >= 15 is 0 Å². The average molecular weight is 615 g/mol. The van der Waals surface area contributed by atoms with E-state index in [9.17, 15) is 13.5 Å². The summed E-state index contributed by atoms with van der Waals surface area (Å²) in [5.41, 5.74) is 5.74. The van der Waals surface area contributed by atoms with Crippen molar-refractivity contribution in [3.63, 3.8) is 0 Å². The molecule has 0 radical (unpaired) electrons. The summed E-state index contributed by atoms with van der Waals surface area (Å²) in [6.07, 6.45) is 0.0737. The summed E-state index contributed by atoms with van der Waals surface area (Å²) in [5.74, 6) is 0. The average Bonchev–Trinajstić information content (AvgIpc) is 3.08. The molecule has 4 aromatic carbocycles. The Morgan fingerprint density at radius 1 is 0.773 bits per heavy atom. The van der Waals surface area contributed by atoms with Crippen LogP contribution in [0.15, 0.2) is 108 Å². The van der Waals surface area contributed by atoms with Crippen LogP contribution in [-0.4, -0.2) is 57.4 Å². The van der Waals surface area contributed by atoms with Crippen LogP contribution in [0.1, 0.15) is 41.1 Å². The van der Waals surface area contributed by atoms with Gasteiger partial charge in [-0.15, -0.1) is 0 Å². The third-order valence-corrected chi connectivity index (χ3v) is 9.56. The zero-order valence-electron chi connectivity index (χ0n) is 24.5. The highest BCUT2D eigenvalue weighted by molar-refractivity contribution is 7.89. The number of nitrogens with zero attached hydrogens (tertiary/aromatic N) is 1. The van der Waals surface area contributed by atoms with Crippen LogP contribution in [0.4, 0.5) is 0 Å². The van der Waals surface area contributed by atoms with Crippen molar-refractivity contribution in [2.45, 2.75) is 43.0 Å². The van der Waals surface area contributed by atoms with Gasteiger partial charge < -0.3 is 19.3 Å². The Hall–Kier alpha value is -3.41. The van der Waals surface area contributed by atoms with E-state index in [1.165, 1.54) is 0 Å². The zero-order valence-corrected chi connectivity index (χ0v) is 25.4. The van der Waals surface area contributed by atoms with E-state index in [0.717, 1.165) is 72.6 Å². The number of aliphatic hydroxyl groups excluding tert-OH is 1. The normalized spacial score (nSPS) is 21.2. The number of aliphatic hydroxyl groups is 1. The van der Waals surface area contributed by atoms with Crippen molar-refractivity contribution in [1.82, 2.24) is 9.62 Å². The maximum Gasteiger partial charge on any atom is 0.240 e. The highest BCUT2D eigenvalue weighted by atomic mass is 32.2. The zero-order chi connectivity index (χ0) is 30.4. The molecule has 8 nitrogen and oxygen atoms in total. The van der Waals surface area contributed by atoms with Gasteiger partial charge in [-0.3, -0.25) is 4.90 Å². The van der Waals surface area contributed by atoms with Gasteiger partial charge in [0.05, 0.1) is 36.9 Å². The predicted octanol–water partition coefficient (Wildman–Crippen LogP) is 5.20. The van der Waals surface area contributed by atoms with E-state index in [-0.39, 0.29) is 30.3 Å². The Morgan fingerprint density at radius 3 is 2.23 bits per heavy atom. The molecule has 6 rings (SSSR count). The van der Waals surface area contributed by atoms with Gasteiger partial charge in [0.1, 0.15) is 0 Å². The van der Waals surface area contributed by atoms with Crippen LogP contribution in [0.25, 0.3) is 11.1 Å². The second-order valence-corrected chi connectivity index (χ2v) is 13.0. The minimum absolute atomic E-state index is 0.00890. The third-order valence-electron chi connectivity index (χ3n) is 8.14. The molecule has 2 heterocycles. The molecule has 2 aliphatic rings. The highest BCUT2D eigenvalue weighted by Crippen LogP contribution is 2.38. The molecule has 0 aliphatic carbocycles. The lowest BCUT2D eigenvalue weighted by molar-refractivity contribution is -0.253. The molecule has 2 fully saturated rings. The molecule has 230 valence electrons. The summed E-state index contributed by atoms with van der Waals surface area (Å²) in [6, 6.07) is 32.3. The van der Waals surface area contributed by atoms with Crippen LogP contribution in [0.3, 0.4) is 0 Å². The fourth-order valence-electron chi connectivity index (χ4n) is 5.66. The number of benzene rings is 4. The molecule has 0 aromatic heterocycles. The molecule has 0 spiro atoms. The molecule has 2 N–H and O–H groups in total. The van der Waals surface area contributed by atoms with E-state index in [1.54, 1.807) is 30.3 Å². The monoisotopic (exact) mass is 614 g/mol. The minimum atomic E-state index is -3.59.